The molecule has 0 amide bonds. The minimum Gasteiger partial charge on any atom is -0.494 e. The van der Waals surface area contributed by atoms with Crippen LogP contribution in [0.25, 0.3) is 11.1 Å². The van der Waals surface area contributed by atoms with Gasteiger partial charge in [-0.05, 0) is 55.3 Å². The molecule has 1 heterocycles. The van der Waals surface area contributed by atoms with Crippen molar-refractivity contribution in [2.45, 2.75) is 13.8 Å². The van der Waals surface area contributed by atoms with Gasteiger partial charge in [0.15, 0.2) is 6.29 Å². The van der Waals surface area contributed by atoms with Gasteiger partial charge in [0, 0.05) is 17.5 Å². The lowest BCUT2D eigenvalue weighted by Gasteiger charge is -2.09. The van der Waals surface area contributed by atoms with Gasteiger partial charge >= 0.3 is 0 Å². The van der Waals surface area contributed by atoms with Gasteiger partial charge in [-0.25, -0.2) is 0 Å². The van der Waals surface area contributed by atoms with Crippen LogP contribution in [0, 0.1) is 6.92 Å². The number of benzene rings is 1. The summed E-state index contributed by atoms with van der Waals surface area (Å²) in [6.45, 7) is 4.47. The predicted molar refractivity (Wildman–Crippen MR) is 71.0 cm³/mol. The molecule has 0 aliphatic rings. The highest BCUT2D eigenvalue weighted by atomic mass is 16.5. The van der Waals surface area contributed by atoms with Crippen LogP contribution in [-0.4, -0.2) is 17.9 Å². The lowest BCUT2D eigenvalue weighted by atomic mass is 10.0. The number of aromatic nitrogens is 1. The predicted octanol–water partition coefficient (Wildman–Crippen LogP) is 3.27. The SMILES string of the molecule is CCOc1ccc(C=O)c(-c2ccnc(C)c2)c1. The normalized spacial score (nSPS) is 10.1. The van der Waals surface area contributed by atoms with Gasteiger partial charge in [0.1, 0.15) is 5.75 Å². The molecule has 0 saturated carbocycles. The fourth-order valence-corrected chi connectivity index (χ4v) is 1.86. The first-order valence-corrected chi connectivity index (χ1v) is 5.89. The average molecular weight is 241 g/mol. The number of hydrogen-bond acceptors (Lipinski definition) is 3. The van der Waals surface area contributed by atoms with Gasteiger partial charge in [-0.3, -0.25) is 9.78 Å². The highest BCUT2D eigenvalue weighted by Gasteiger charge is 2.07. The maximum Gasteiger partial charge on any atom is 0.150 e. The van der Waals surface area contributed by atoms with Crippen molar-refractivity contribution in [2.24, 2.45) is 0 Å². The molecule has 2 aromatic rings. The number of carbonyl (C=O) groups excluding carboxylic acids is 1. The molecule has 3 nitrogen and oxygen atoms in total. The summed E-state index contributed by atoms with van der Waals surface area (Å²) in [5.41, 5.74) is 3.43. The van der Waals surface area contributed by atoms with Crippen LogP contribution in [0.1, 0.15) is 23.0 Å². The fourth-order valence-electron chi connectivity index (χ4n) is 1.86. The van der Waals surface area contributed by atoms with Crippen molar-refractivity contribution >= 4 is 6.29 Å². The quantitative estimate of drug-likeness (QED) is 0.771. The van der Waals surface area contributed by atoms with Crippen LogP contribution >= 0.6 is 0 Å². The summed E-state index contributed by atoms with van der Waals surface area (Å²) in [5.74, 6) is 0.771. The van der Waals surface area contributed by atoms with E-state index in [2.05, 4.69) is 4.98 Å². The zero-order valence-corrected chi connectivity index (χ0v) is 10.5. The molecule has 0 bridgehead atoms. The van der Waals surface area contributed by atoms with Crippen molar-refractivity contribution < 1.29 is 9.53 Å². The van der Waals surface area contributed by atoms with Gasteiger partial charge in [-0.2, -0.15) is 0 Å². The van der Waals surface area contributed by atoms with Gasteiger partial charge in [-0.1, -0.05) is 0 Å². The molecular weight excluding hydrogens is 226 g/mol. The van der Waals surface area contributed by atoms with Crippen molar-refractivity contribution in [2.75, 3.05) is 6.61 Å². The van der Waals surface area contributed by atoms with Crippen LogP contribution in [0.4, 0.5) is 0 Å². The second-order valence-electron chi connectivity index (χ2n) is 3.99. The summed E-state index contributed by atoms with van der Waals surface area (Å²) in [7, 11) is 0. The second kappa shape index (κ2) is 5.45. The number of aryl methyl sites for hydroxylation is 1. The summed E-state index contributed by atoms with van der Waals surface area (Å²) < 4.78 is 5.47. The monoisotopic (exact) mass is 241 g/mol. The molecular formula is C15H15NO2. The van der Waals surface area contributed by atoms with Crippen LogP contribution in [0.15, 0.2) is 36.5 Å². The van der Waals surface area contributed by atoms with Crippen molar-refractivity contribution in [3.8, 4) is 16.9 Å². The standard InChI is InChI=1S/C15H15NO2/c1-3-18-14-5-4-13(10-17)15(9-14)12-6-7-16-11(2)8-12/h4-10H,3H2,1-2H3. The van der Waals surface area contributed by atoms with Crippen LogP contribution in [0.3, 0.4) is 0 Å². The maximum atomic E-state index is 11.1. The number of nitrogens with zero attached hydrogens (tertiary/aromatic N) is 1. The van der Waals surface area contributed by atoms with Crippen molar-refractivity contribution in [1.29, 1.82) is 0 Å². The third kappa shape index (κ3) is 2.56. The Bertz CT molecular complexity index is 564. The van der Waals surface area contributed by atoms with Crippen molar-refractivity contribution in [3.63, 3.8) is 0 Å². The Hall–Kier alpha value is -2.16. The molecule has 0 radical (unpaired) electrons. The Balaban J connectivity index is 2.53. The van der Waals surface area contributed by atoms with Crippen LogP contribution < -0.4 is 4.74 Å². The summed E-state index contributed by atoms with van der Waals surface area (Å²) in [6.07, 6.45) is 2.60. The Labute approximate surface area is 106 Å². The van der Waals surface area contributed by atoms with E-state index in [9.17, 15) is 4.79 Å². The molecule has 1 aromatic heterocycles. The molecule has 18 heavy (non-hydrogen) atoms. The number of hydrogen-bond donors (Lipinski definition) is 0. The number of rotatable bonds is 4. The first-order chi connectivity index (χ1) is 8.74. The van der Waals surface area contributed by atoms with Crippen LogP contribution in [0.2, 0.25) is 0 Å². The van der Waals surface area contributed by atoms with Gasteiger partial charge in [-0.15, -0.1) is 0 Å². The smallest absolute Gasteiger partial charge is 0.150 e. The fraction of sp³-hybridized carbons (Fsp3) is 0.200. The third-order valence-electron chi connectivity index (χ3n) is 2.67. The van der Waals surface area contributed by atoms with Gasteiger partial charge in [0.2, 0.25) is 0 Å². The number of carbonyl (C=O) groups is 1. The number of aldehydes is 1. The summed E-state index contributed by atoms with van der Waals surface area (Å²) in [4.78, 5) is 15.3. The van der Waals surface area contributed by atoms with E-state index in [0.717, 1.165) is 28.9 Å². The zero-order valence-electron chi connectivity index (χ0n) is 10.5. The Morgan fingerprint density at radius 2 is 2.11 bits per heavy atom. The van der Waals surface area contributed by atoms with E-state index < -0.39 is 0 Å². The molecule has 3 heteroatoms. The first kappa shape index (κ1) is 12.3. The Morgan fingerprint density at radius 3 is 2.78 bits per heavy atom. The summed E-state index contributed by atoms with van der Waals surface area (Å²) in [6, 6.07) is 9.33. The molecule has 2 rings (SSSR count). The molecule has 0 atom stereocenters. The van der Waals surface area contributed by atoms with E-state index in [1.165, 1.54) is 0 Å². The van der Waals surface area contributed by atoms with Gasteiger partial charge in [0.05, 0.1) is 6.61 Å². The van der Waals surface area contributed by atoms with Crippen molar-refractivity contribution in [3.05, 3.63) is 47.8 Å². The van der Waals surface area contributed by atoms with E-state index in [4.69, 9.17) is 4.74 Å². The Morgan fingerprint density at radius 1 is 1.28 bits per heavy atom. The molecule has 0 N–H and O–H groups in total. The molecule has 1 aromatic carbocycles. The number of pyridine rings is 1. The lowest BCUT2D eigenvalue weighted by Crippen LogP contribution is -1.94. The zero-order chi connectivity index (χ0) is 13.0. The summed E-state index contributed by atoms with van der Waals surface area (Å²) >= 11 is 0. The molecule has 92 valence electrons. The lowest BCUT2D eigenvalue weighted by molar-refractivity contribution is 0.112. The van der Waals surface area contributed by atoms with Crippen LogP contribution in [0.5, 0.6) is 5.75 Å². The van der Waals surface area contributed by atoms with Crippen molar-refractivity contribution in [1.82, 2.24) is 4.98 Å². The van der Waals surface area contributed by atoms with E-state index in [1.807, 2.05) is 38.1 Å². The summed E-state index contributed by atoms with van der Waals surface area (Å²) in [5, 5.41) is 0. The van der Waals surface area contributed by atoms with E-state index in [0.29, 0.717) is 12.2 Å². The minimum atomic E-state index is 0.606. The second-order valence-corrected chi connectivity index (χ2v) is 3.99. The third-order valence-corrected chi connectivity index (χ3v) is 2.67. The molecule has 0 spiro atoms. The molecule has 0 aliphatic heterocycles. The first-order valence-electron chi connectivity index (χ1n) is 5.89. The average Bonchev–Trinajstić information content (AvgIpc) is 2.39. The highest BCUT2D eigenvalue weighted by molar-refractivity contribution is 5.88. The number of ether oxygens (including phenoxy) is 1. The maximum absolute atomic E-state index is 11.1. The molecule has 0 saturated heterocycles. The van der Waals surface area contributed by atoms with E-state index in [-0.39, 0.29) is 0 Å². The Kier molecular flexibility index (Phi) is 3.72. The molecule has 0 unspecified atom stereocenters. The topological polar surface area (TPSA) is 39.2 Å². The minimum absolute atomic E-state index is 0.606. The highest BCUT2D eigenvalue weighted by Crippen LogP contribution is 2.27. The van der Waals surface area contributed by atoms with Gasteiger partial charge in [0.25, 0.3) is 0 Å². The van der Waals surface area contributed by atoms with E-state index >= 15 is 0 Å². The molecule has 0 fully saturated rings. The van der Waals surface area contributed by atoms with Gasteiger partial charge < -0.3 is 4.74 Å². The van der Waals surface area contributed by atoms with E-state index in [1.54, 1.807) is 12.3 Å². The largest absolute Gasteiger partial charge is 0.494 e. The van der Waals surface area contributed by atoms with Crippen LogP contribution in [-0.2, 0) is 0 Å². The molecule has 0 aliphatic carbocycles.